The fraction of sp³-hybridized carbons (Fsp3) is 0.625. The summed E-state index contributed by atoms with van der Waals surface area (Å²) in [5.74, 6) is 1.72. The van der Waals surface area contributed by atoms with E-state index in [0.717, 1.165) is 23.7 Å². The summed E-state index contributed by atoms with van der Waals surface area (Å²) in [5.41, 5.74) is 0.618. The van der Waals surface area contributed by atoms with Crippen molar-refractivity contribution in [3.8, 4) is 5.75 Å². The number of carbonyl (C=O) groups is 1. The van der Waals surface area contributed by atoms with Gasteiger partial charge in [0.25, 0.3) is 0 Å². The van der Waals surface area contributed by atoms with Crippen LogP contribution in [0.3, 0.4) is 0 Å². The highest BCUT2D eigenvalue weighted by Gasteiger charge is 2.36. The summed E-state index contributed by atoms with van der Waals surface area (Å²) in [5, 5.41) is 0. The number of nitrogens with zero attached hydrogens (tertiary/aromatic N) is 3. The van der Waals surface area contributed by atoms with E-state index in [-0.39, 0.29) is 12.1 Å². The Bertz CT molecular complexity index is 582. The Morgan fingerprint density at radius 3 is 2.91 bits per heavy atom. The molecule has 0 N–H and O–H groups in total. The van der Waals surface area contributed by atoms with Gasteiger partial charge >= 0.3 is 6.09 Å². The highest BCUT2D eigenvalue weighted by Crippen LogP contribution is 2.33. The Kier molecular flexibility index (Phi) is 3.62. The van der Waals surface area contributed by atoms with Crippen LogP contribution >= 0.6 is 0 Å². The van der Waals surface area contributed by atoms with E-state index in [9.17, 15) is 4.79 Å². The van der Waals surface area contributed by atoms with Gasteiger partial charge in [-0.1, -0.05) is 0 Å². The van der Waals surface area contributed by atoms with Crippen molar-refractivity contribution in [3.05, 3.63) is 17.8 Å². The SMILES string of the molecule is Cc1cnc2c(c1)OC[C@@H]1CN(C(=O)OC(C)(C)C)CCN21. The van der Waals surface area contributed by atoms with Crippen molar-refractivity contribution in [2.24, 2.45) is 0 Å². The molecule has 0 unspecified atom stereocenters. The average molecular weight is 305 g/mol. The van der Waals surface area contributed by atoms with Gasteiger partial charge in [-0.3, -0.25) is 0 Å². The van der Waals surface area contributed by atoms with Gasteiger partial charge in [-0.2, -0.15) is 0 Å². The van der Waals surface area contributed by atoms with Crippen molar-refractivity contribution in [1.29, 1.82) is 0 Å². The molecule has 1 atom stereocenters. The van der Waals surface area contributed by atoms with E-state index in [1.54, 1.807) is 4.90 Å². The van der Waals surface area contributed by atoms with Gasteiger partial charge in [0, 0.05) is 25.8 Å². The lowest BCUT2D eigenvalue weighted by Gasteiger charge is -2.44. The third-order valence-corrected chi connectivity index (χ3v) is 3.81. The lowest BCUT2D eigenvalue weighted by atomic mass is 10.1. The highest BCUT2D eigenvalue weighted by atomic mass is 16.6. The first-order valence-corrected chi connectivity index (χ1v) is 7.67. The van der Waals surface area contributed by atoms with Gasteiger partial charge in [0.15, 0.2) is 11.6 Å². The van der Waals surface area contributed by atoms with Gasteiger partial charge in [0.1, 0.15) is 12.2 Å². The number of anilines is 1. The summed E-state index contributed by atoms with van der Waals surface area (Å²) in [6.45, 7) is 10.2. The topological polar surface area (TPSA) is 54.9 Å². The van der Waals surface area contributed by atoms with Gasteiger partial charge in [-0.05, 0) is 39.3 Å². The number of hydrogen-bond acceptors (Lipinski definition) is 5. The van der Waals surface area contributed by atoms with E-state index in [1.165, 1.54) is 0 Å². The van der Waals surface area contributed by atoms with E-state index in [2.05, 4.69) is 9.88 Å². The van der Waals surface area contributed by atoms with E-state index in [4.69, 9.17) is 9.47 Å². The summed E-state index contributed by atoms with van der Waals surface area (Å²) >= 11 is 0. The monoisotopic (exact) mass is 305 g/mol. The van der Waals surface area contributed by atoms with Crippen molar-refractivity contribution in [3.63, 3.8) is 0 Å². The van der Waals surface area contributed by atoms with Crippen molar-refractivity contribution >= 4 is 11.9 Å². The molecule has 1 amide bonds. The van der Waals surface area contributed by atoms with Crippen LogP contribution in [0.4, 0.5) is 10.6 Å². The van der Waals surface area contributed by atoms with Gasteiger partial charge in [0.2, 0.25) is 0 Å². The molecule has 2 aliphatic rings. The van der Waals surface area contributed by atoms with Gasteiger partial charge in [-0.25, -0.2) is 9.78 Å². The minimum absolute atomic E-state index is 0.129. The number of pyridine rings is 1. The zero-order chi connectivity index (χ0) is 15.9. The number of ether oxygens (including phenoxy) is 2. The molecule has 0 spiro atoms. The first-order chi connectivity index (χ1) is 10.3. The van der Waals surface area contributed by atoms with Gasteiger partial charge in [0.05, 0.1) is 6.04 Å². The molecular weight excluding hydrogens is 282 g/mol. The molecule has 0 aliphatic carbocycles. The Morgan fingerprint density at radius 1 is 1.41 bits per heavy atom. The number of carbonyl (C=O) groups excluding carboxylic acids is 1. The second-order valence-electron chi connectivity index (χ2n) is 6.92. The number of rotatable bonds is 0. The molecule has 120 valence electrons. The molecule has 22 heavy (non-hydrogen) atoms. The molecule has 1 aromatic rings. The van der Waals surface area contributed by atoms with Crippen LogP contribution in [0.5, 0.6) is 5.75 Å². The number of aryl methyl sites for hydroxylation is 1. The Morgan fingerprint density at radius 2 is 2.18 bits per heavy atom. The molecule has 0 saturated carbocycles. The molecule has 1 aromatic heterocycles. The van der Waals surface area contributed by atoms with Crippen LogP contribution in [0, 0.1) is 6.92 Å². The largest absolute Gasteiger partial charge is 0.487 e. The second-order valence-corrected chi connectivity index (χ2v) is 6.92. The van der Waals surface area contributed by atoms with Gasteiger partial charge in [-0.15, -0.1) is 0 Å². The third-order valence-electron chi connectivity index (χ3n) is 3.81. The number of hydrogen-bond donors (Lipinski definition) is 0. The zero-order valence-corrected chi connectivity index (χ0v) is 13.6. The number of aromatic nitrogens is 1. The lowest BCUT2D eigenvalue weighted by molar-refractivity contribution is 0.0194. The Hall–Kier alpha value is -1.98. The smallest absolute Gasteiger partial charge is 0.410 e. The van der Waals surface area contributed by atoms with Crippen LogP contribution < -0.4 is 9.64 Å². The Labute approximate surface area is 131 Å². The van der Waals surface area contributed by atoms with Crippen LogP contribution in [0.25, 0.3) is 0 Å². The number of fused-ring (bicyclic) bond motifs is 3. The minimum Gasteiger partial charge on any atom is -0.487 e. The zero-order valence-electron chi connectivity index (χ0n) is 13.6. The molecule has 0 aromatic carbocycles. The molecule has 0 bridgehead atoms. The standard InChI is InChI=1S/C16H23N3O3/c1-11-7-13-14(17-8-11)19-6-5-18(9-12(19)10-21-13)15(20)22-16(2,3)4/h7-8,12H,5-6,9-10H2,1-4H3/t12-/m0/s1. The third kappa shape index (κ3) is 2.96. The van der Waals surface area contributed by atoms with Crippen molar-refractivity contribution in [1.82, 2.24) is 9.88 Å². The first-order valence-electron chi connectivity index (χ1n) is 7.67. The first kappa shape index (κ1) is 14.9. The fourth-order valence-electron chi connectivity index (χ4n) is 2.81. The number of amides is 1. The average Bonchev–Trinajstić information content (AvgIpc) is 2.44. The molecule has 3 rings (SSSR count). The number of piperazine rings is 1. The molecule has 1 fully saturated rings. The summed E-state index contributed by atoms with van der Waals surface area (Å²) in [7, 11) is 0. The maximum Gasteiger partial charge on any atom is 0.410 e. The minimum atomic E-state index is -0.469. The van der Waals surface area contributed by atoms with E-state index < -0.39 is 5.60 Å². The van der Waals surface area contributed by atoms with Crippen LogP contribution in [0.15, 0.2) is 12.3 Å². The van der Waals surface area contributed by atoms with Crippen LogP contribution in [-0.4, -0.2) is 53.9 Å². The normalized spacial score (nSPS) is 20.8. The van der Waals surface area contributed by atoms with Crippen molar-refractivity contribution < 1.29 is 14.3 Å². The molecule has 6 heteroatoms. The molecule has 3 heterocycles. The van der Waals surface area contributed by atoms with E-state index in [1.807, 2.05) is 40.0 Å². The molecular formula is C16H23N3O3. The van der Waals surface area contributed by atoms with Crippen LogP contribution in [-0.2, 0) is 4.74 Å². The molecule has 6 nitrogen and oxygen atoms in total. The van der Waals surface area contributed by atoms with Gasteiger partial charge < -0.3 is 19.3 Å². The van der Waals surface area contributed by atoms with E-state index in [0.29, 0.717) is 19.7 Å². The highest BCUT2D eigenvalue weighted by molar-refractivity contribution is 5.69. The van der Waals surface area contributed by atoms with Crippen LogP contribution in [0.2, 0.25) is 0 Å². The molecule has 2 aliphatic heterocycles. The van der Waals surface area contributed by atoms with Crippen molar-refractivity contribution in [2.75, 3.05) is 31.1 Å². The predicted molar refractivity (Wildman–Crippen MR) is 83.4 cm³/mol. The quantitative estimate of drug-likeness (QED) is 0.735. The fourth-order valence-corrected chi connectivity index (χ4v) is 2.81. The summed E-state index contributed by atoms with van der Waals surface area (Å²) in [6.07, 6.45) is 1.60. The predicted octanol–water partition coefficient (Wildman–Crippen LogP) is 2.21. The summed E-state index contributed by atoms with van der Waals surface area (Å²) in [6, 6.07) is 2.14. The van der Waals surface area contributed by atoms with E-state index >= 15 is 0 Å². The lowest BCUT2D eigenvalue weighted by Crippen LogP contribution is -2.59. The van der Waals surface area contributed by atoms with Crippen molar-refractivity contribution in [2.45, 2.75) is 39.3 Å². The molecule has 1 saturated heterocycles. The second kappa shape index (κ2) is 5.34. The Balaban J connectivity index is 1.71. The summed E-state index contributed by atoms with van der Waals surface area (Å²) < 4.78 is 11.3. The maximum absolute atomic E-state index is 12.2. The van der Waals surface area contributed by atoms with Crippen LogP contribution in [0.1, 0.15) is 26.3 Å². The molecule has 0 radical (unpaired) electrons. The summed E-state index contributed by atoms with van der Waals surface area (Å²) in [4.78, 5) is 20.7. The maximum atomic E-state index is 12.2.